The third kappa shape index (κ3) is 2.95. The van der Waals surface area contributed by atoms with Crippen molar-refractivity contribution >= 4 is 5.97 Å². The lowest BCUT2D eigenvalue weighted by atomic mass is 10.1. The Kier molecular flexibility index (Phi) is 3.74. The molecule has 0 spiro atoms. The van der Waals surface area contributed by atoms with Gasteiger partial charge in [-0.25, -0.2) is 4.68 Å². The van der Waals surface area contributed by atoms with Crippen LogP contribution in [0.4, 0.5) is 0 Å². The fourth-order valence-electron chi connectivity index (χ4n) is 1.70. The molecule has 0 unspecified atom stereocenters. The first kappa shape index (κ1) is 12.3. The quantitative estimate of drug-likeness (QED) is 0.826. The summed E-state index contributed by atoms with van der Waals surface area (Å²) in [5, 5.41) is 21.7. The van der Waals surface area contributed by atoms with Crippen molar-refractivity contribution in [3.05, 3.63) is 47.8 Å². The molecule has 1 aromatic carbocycles. The zero-order valence-electron chi connectivity index (χ0n) is 9.78. The molecule has 0 radical (unpaired) electrons. The van der Waals surface area contributed by atoms with Crippen LogP contribution in [-0.4, -0.2) is 32.6 Å². The van der Waals surface area contributed by atoms with Crippen LogP contribution in [0.15, 0.2) is 36.7 Å². The van der Waals surface area contributed by atoms with Crippen molar-refractivity contribution in [2.75, 3.05) is 6.61 Å². The summed E-state index contributed by atoms with van der Waals surface area (Å²) in [5.74, 6) is -0.841. The van der Waals surface area contributed by atoms with Crippen LogP contribution in [0.2, 0.25) is 0 Å². The Balaban J connectivity index is 2.15. The van der Waals surface area contributed by atoms with Gasteiger partial charge in [0.2, 0.25) is 0 Å². The first-order valence-electron chi connectivity index (χ1n) is 5.64. The summed E-state index contributed by atoms with van der Waals surface area (Å²) in [4.78, 5) is 10.6. The molecule has 5 nitrogen and oxygen atoms in total. The van der Waals surface area contributed by atoms with Crippen LogP contribution in [0, 0.1) is 0 Å². The molecule has 0 saturated carbocycles. The number of carboxylic acids is 1. The van der Waals surface area contributed by atoms with E-state index in [4.69, 9.17) is 10.2 Å². The van der Waals surface area contributed by atoms with Gasteiger partial charge in [-0.3, -0.25) is 4.79 Å². The van der Waals surface area contributed by atoms with Crippen LogP contribution in [0.1, 0.15) is 11.1 Å². The maximum Gasteiger partial charge on any atom is 0.307 e. The van der Waals surface area contributed by atoms with Gasteiger partial charge in [-0.2, -0.15) is 5.10 Å². The average molecular weight is 246 g/mol. The summed E-state index contributed by atoms with van der Waals surface area (Å²) >= 11 is 0. The first-order chi connectivity index (χ1) is 8.69. The zero-order chi connectivity index (χ0) is 13.0. The molecule has 2 N–H and O–H groups in total. The molecule has 2 rings (SSSR count). The van der Waals surface area contributed by atoms with E-state index in [1.54, 1.807) is 23.0 Å². The number of aromatic nitrogens is 2. The normalized spacial score (nSPS) is 10.5. The lowest BCUT2D eigenvalue weighted by Gasteiger charge is -2.02. The van der Waals surface area contributed by atoms with Crippen LogP contribution in [0.25, 0.3) is 5.69 Å². The van der Waals surface area contributed by atoms with E-state index in [2.05, 4.69) is 5.10 Å². The highest BCUT2D eigenvalue weighted by Gasteiger charge is 2.03. The van der Waals surface area contributed by atoms with E-state index in [0.29, 0.717) is 6.42 Å². The molecule has 1 heterocycles. The molecule has 0 amide bonds. The number of benzene rings is 1. The summed E-state index contributed by atoms with van der Waals surface area (Å²) in [5.41, 5.74) is 2.59. The van der Waals surface area contributed by atoms with Gasteiger partial charge in [0.05, 0.1) is 18.3 Å². The van der Waals surface area contributed by atoms with Crippen LogP contribution >= 0.6 is 0 Å². The second-order valence-electron chi connectivity index (χ2n) is 4.00. The van der Waals surface area contributed by atoms with Gasteiger partial charge < -0.3 is 10.2 Å². The largest absolute Gasteiger partial charge is 0.481 e. The van der Waals surface area contributed by atoms with E-state index in [-0.39, 0.29) is 13.0 Å². The van der Waals surface area contributed by atoms with Crippen LogP contribution in [0.5, 0.6) is 0 Å². The number of aliphatic hydroxyl groups is 1. The Hall–Kier alpha value is -2.14. The molecule has 0 atom stereocenters. The zero-order valence-corrected chi connectivity index (χ0v) is 9.78. The maximum absolute atomic E-state index is 10.6. The van der Waals surface area contributed by atoms with Crippen molar-refractivity contribution in [1.82, 2.24) is 9.78 Å². The lowest BCUT2D eigenvalue weighted by molar-refractivity contribution is -0.136. The number of aliphatic carboxylic acids is 1. The summed E-state index contributed by atoms with van der Waals surface area (Å²) in [6, 6.07) is 7.20. The van der Waals surface area contributed by atoms with Crippen LogP contribution in [-0.2, 0) is 17.6 Å². The van der Waals surface area contributed by atoms with Gasteiger partial charge in [-0.05, 0) is 29.7 Å². The predicted molar refractivity (Wildman–Crippen MR) is 65.7 cm³/mol. The van der Waals surface area contributed by atoms with E-state index in [9.17, 15) is 4.79 Å². The summed E-state index contributed by atoms with van der Waals surface area (Å²) in [6.07, 6.45) is 4.16. The third-order valence-corrected chi connectivity index (χ3v) is 2.59. The molecular weight excluding hydrogens is 232 g/mol. The minimum Gasteiger partial charge on any atom is -0.481 e. The number of carboxylic acid groups (broad SMARTS) is 1. The molecule has 0 aliphatic heterocycles. The molecule has 1 aromatic heterocycles. The topological polar surface area (TPSA) is 75.3 Å². The Bertz CT molecular complexity index is 531. The van der Waals surface area contributed by atoms with Gasteiger partial charge in [-0.15, -0.1) is 0 Å². The fraction of sp³-hybridized carbons (Fsp3) is 0.231. The van der Waals surface area contributed by atoms with Gasteiger partial charge >= 0.3 is 5.97 Å². The Morgan fingerprint density at radius 2 is 1.94 bits per heavy atom. The van der Waals surface area contributed by atoms with Crippen molar-refractivity contribution in [2.24, 2.45) is 0 Å². The van der Waals surface area contributed by atoms with E-state index < -0.39 is 5.97 Å². The predicted octanol–water partition coefficient (Wildman–Crippen LogP) is 1.03. The molecule has 94 valence electrons. The molecule has 0 bridgehead atoms. The maximum atomic E-state index is 10.6. The van der Waals surface area contributed by atoms with E-state index in [1.807, 2.05) is 18.3 Å². The number of aliphatic hydroxyl groups excluding tert-OH is 1. The first-order valence-corrected chi connectivity index (χ1v) is 5.64. The summed E-state index contributed by atoms with van der Waals surface area (Å²) < 4.78 is 1.70. The van der Waals surface area contributed by atoms with E-state index >= 15 is 0 Å². The molecule has 18 heavy (non-hydrogen) atoms. The highest BCUT2D eigenvalue weighted by atomic mass is 16.4. The Morgan fingerprint density at radius 3 is 2.56 bits per heavy atom. The average Bonchev–Trinajstić information content (AvgIpc) is 2.78. The van der Waals surface area contributed by atoms with Crippen molar-refractivity contribution in [1.29, 1.82) is 0 Å². The molecule has 5 heteroatoms. The van der Waals surface area contributed by atoms with Crippen LogP contribution < -0.4 is 0 Å². The Labute approximate surface area is 104 Å². The summed E-state index contributed by atoms with van der Waals surface area (Å²) in [6.45, 7) is 0.100. The highest BCUT2D eigenvalue weighted by molar-refractivity contribution is 5.70. The number of carbonyl (C=O) groups is 1. The SMILES string of the molecule is O=C(O)Cc1ccc(-n2cc(CCO)cn2)cc1. The monoisotopic (exact) mass is 246 g/mol. The van der Waals surface area contributed by atoms with Crippen LogP contribution in [0.3, 0.4) is 0 Å². The number of rotatable bonds is 5. The molecule has 0 aliphatic carbocycles. The molecule has 0 saturated heterocycles. The standard InChI is InChI=1S/C13H14N2O3/c16-6-5-11-8-14-15(9-11)12-3-1-10(2-4-12)7-13(17)18/h1-4,8-9,16H,5-7H2,(H,17,18). The van der Waals surface area contributed by atoms with Gasteiger partial charge in [0, 0.05) is 12.8 Å². The van der Waals surface area contributed by atoms with E-state index in [1.165, 1.54) is 0 Å². The fourth-order valence-corrected chi connectivity index (χ4v) is 1.70. The number of hydrogen-bond donors (Lipinski definition) is 2. The lowest BCUT2D eigenvalue weighted by Crippen LogP contribution is -2.00. The van der Waals surface area contributed by atoms with E-state index in [0.717, 1.165) is 16.8 Å². The smallest absolute Gasteiger partial charge is 0.307 e. The minimum absolute atomic E-state index is 0.0230. The van der Waals surface area contributed by atoms with Gasteiger partial charge in [0.15, 0.2) is 0 Å². The van der Waals surface area contributed by atoms with Gasteiger partial charge in [0.25, 0.3) is 0 Å². The second-order valence-corrected chi connectivity index (χ2v) is 4.00. The van der Waals surface area contributed by atoms with Crippen molar-refractivity contribution in [3.8, 4) is 5.69 Å². The third-order valence-electron chi connectivity index (χ3n) is 2.59. The van der Waals surface area contributed by atoms with Crippen molar-refractivity contribution in [2.45, 2.75) is 12.8 Å². The summed E-state index contributed by atoms with van der Waals surface area (Å²) in [7, 11) is 0. The molecule has 0 aliphatic rings. The number of nitrogens with zero attached hydrogens (tertiary/aromatic N) is 2. The Morgan fingerprint density at radius 1 is 1.22 bits per heavy atom. The molecule has 2 aromatic rings. The van der Waals surface area contributed by atoms with Crippen molar-refractivity contribution < 1.29 is 15.0 Å². The minimum atomic E-state index is -0.841. The highest BCUT2D eigenvalue weighted by Crippen LogP contribution is 2.11. The molecular formula is C13H14N2O3. The second kappa shape index (κ2) is 5.46. The van der Waals surface area contributed by atoms with Gasteiger partial charge in [-0.1, -0.05) is 12.1 Å². The van der Waals surface area contributed by atoms with Crippen molar-refractivity contribution in [3.63, 3.8) is 0 Å². The van der Waals surface area contributed by atoms with Gasteiger partial charge in [0.1, 0.15) is 0 Å². The number of hydrogen-bond acceptors (Lipinski definition) is 3. The molecule has 0 fully saturated rings.